The van der Waals surface area contributed by atoms with E-state index in [4.69, 9.17) is 44.9 Å². The van der Waals surface area contributed by atoms with Crippen LogP contribution in [0.25, 0.3) is 16.2 Å². The summed E-state index contributed by atoms with van der Waals surface area (Å²) >= 11 is 20.7. The molecule has 0 aliphatic carbocycles. The highest BCUT2D eigenvalue weighted by Crippen LogP contribution is 2.41. The minimum absolute atomic E-state index is 0.163. The van der Waals surface area contributed by atoms with Crippen LogP contribution in [-0.2, 0) is 4.79 Å². The minimum Gasteiger partial charge on any atom is -0.493 e. The van der Waals surface area contributed by atoms with E-state index in [-0.39, 0.29) is 27.6 Å². The van der Waals surface area contributed by atoms with Crippen molar-refractivity contribution in [1.29, 1.82) is 0 Å². The second-order valence-corrected chi connectivity index (χ2v) is 11.8. The number of methoxy groups -OCH3 is 1. The third kappa shape index (κ3) is 5.07. The van der Waals surface area contributed by atoms with E-state index in [0.29, 0.717) is 30.9 Å². The molecule has 1 fully saturated rings. The lowest BCUT2D eigenvalue weighted by Gasteiger charge is -2.23. The number of esters is 1. The second-order valence-electron chi connectivity index (χ2n) is 8.30. The lowest BCUT2D eigenvalue weighted by atomic mass is 10.1. The molecule has 1 aliphatic rings. The molecule has 192 valence electrons. The maximum absolute atomic E-state index is 13.2. The molecule has 0 N–H and O–H groups in total. The third-order valence-electron chi connectivity index (χ3n) is 5.97. The lowest BCUT2D eigenvalue weighted by molar-refractivity contribution is -0.123. The number of halogens is 2. The summed E-state index contributed by atoms with van der Waals surface area (Å²) < 4.78 is 12.4. The fraction of sp³-hybridized carbons (Fsp3) is 0.107. The molecule has 0 saturated carbocycles. The summed E-state index contributed by atoms with van der Waals surface area (Å²) in [6.45, 7) is 1.95. The highest BCUT2D eigenvalue weighted by Gasteiger charge is 2.36. The summed E-state index contributed by atoms with van der Waals surface area (Å²) in [5.74, 6) is -0.229. The first-order valence-electron chi connectivity index (χ1n) is 11.4. The first-order chi connectivity index (χ1) is 18.3. The lowest BCUT2D eigenvalue weighted by Crippen LogP contribution is -2.30. The Bertz CT molecular complexity index is 1620. The number of benzene rings is 3. The maximum atomic E-state index is 13.2. The molecule has 0 unspecified atom stereocenters. The average molecular weight is 601 g/mol. The van der Waals surface area contributed by atoms with E-state index in [2.05, 4.69) is 0 Å². The largest absolute Gasteiger partial charge is 0.493 e. The van der Waals surface area contributed by atoms with Gasteiger partial charge in [0.25, 0.3) is 5.91 Å². The van der Waals surface area contributed by atoms with Crippen molar-refractivity contribution in [2.24, 2.45) is 0 Å². The van der Waals surface area contributed by atoms with Crippen LogP contribution in [0.2, 0.25) is 10.0 Å². The van der Waals surface area contributed by atoms with Crippen molar-refractivity contribution in [2.45, 2.75) is 13.0 Å². The number of ether oxygens (including phenoxy) is 2. The van der Waals surface area contributed by atoms with Gasteiger partial charge in [0.05, 0.1) is 28.1 Å². The molecule has 1 aromatic heterocycles. The molecule has 1 aliphatic heterocycles. The van der Waals surface area contributed by atoms with Gasteiger partial charge in [-0.05, 0) is 48.4 Å². The monoisotopic (exact) mass is 599 g/mol. The van der Waals surface area contributed by atoms with Crippen molar-refractivity contribution < 1.29 is 19.1 Å². The molecule has 5 rings (SSSR count). The van der Waals surface area contributed by atoms with Crippen LogP contribution in [0.4, 0.5) is 0 Å². The highest BCUT2D eigenvalue weighted by atomic mass is 35.5. The average Bonchev–Trinajstić information content (AvgIpc) is 3.40. The van der Waals surface area contributed by atoms with Crippen molar-refractivity contribution in [1.82, 2.24) is 4.90 Å². The maximum Gasteiger partial charge on any atom is 0.355 e. The summed E-state index contributed by atoms with van der Waals surface area (Å²) in [4.78, 5) is 28.6. The molecule has 1 atom stereocenters. The van der Waals surface area contributed by atoms with Gasteiger partial charge in [-0.25, -0.2) is 4.79 Å². The minimum atomic E-state index is -0.617. The van der Waals surface area contributed by atoms with Gasteiger partial charge in [0.1, 0.15) is 9.20 Å². The third-order valence-corrected chi connectivity index (χ3v) is 9.24. The fourth-order valence-electron chi connectivity index (χ4n) is 4.05. The van der Waals surface area contributed by atoms with Crippen LogP contribution in [0.5, 0.6) is 11.5 Å². The first kappa shape index (κ1) is 26.7. The van der Waals surface area contributed by atoms with Gasteiger partial charge in [-0.2, -0.15) is 0 Å². The van der Waals surface area contributed by atoms with Gasteiger partial charge >= 0.3 is 5.97 Å². The molecular weight excluding hydrogens is 581 g/mol. The Labute approximate surface area is 242 Å². The van der Waals surface area contributed by atoms with Crippen LogP contribution in [-0.4, -0.2) is 28.2 Å². The van der Waals surface area contributed by atoms with Crippen molar-refractivity contribution in [3.8, 4) is 11.5 Å². The van der Waals surface area contributed by atoms with Gasteiger partial charge in [0.2, 0.25) is 0 Å². The molecule has 0 spiro atoms. The highest BCUT2D eigenvalue weighted by molar-refractivity contribution is 8.26. The molecule has 38 heavy (non-hydrogen) atoms. The van der Waals surface area contributed by atoms with Gasteiger partial charge in [-0.1, -0.05) is 89.6 Å². The molecule has 1 amide bonds. The number of carbonyl (C=O) groups excluding carboxylic acids is 2. The topological polar surface area (TPSA) is 55.8 Å². The quantitative estimate of drug-likeness (QED) is 0.0959. The number of amides is 1. The number of thioether (sulfide) groups is 1. The Morgan fingerprint density at radius 1 is 1.05 bits per heavy atom. The van der Waals surface area contributed by atoms with E-state index < -0.39 is 5.97 Å². The first-order valence-corrected chi connectivity index (χ1v) is 14.2. The zero-order valence-corrected chi connectivity index (χ0v) is 24.0. The Morgan fingerprint density at radius 2 is 1.82 bits per heavy atom. The Morgan fingerprint density at radius 3 is 2.53 bits per heavy atom. The van der Waals surface area contributed by atoms with Crippen molar-refractivity contribution in [2.75, 3.05) is 7.11 Å². The van der Waals surface area contributed by atoms with E-state index >= 15 is 0 Å². The van der Waals surface area contributed by atoms with Gasteiger partial charge in [0.15, 0.2) is 11.5 Å². The predicted molar refractivity (Wildman–Crippen MR) is 160 cm³/mol. The van der Waals surface area contributed by atoms with Crippen LogP contribution < -0.4 is 9.47 Å². The number of hydrogen-bond donors (Lipinski definition) is 0. The molecule has 4 aromatic rings. The molecule has 0 radical (unpaired) electrons. The van der Waals surface area contributed by atoms with Crippen molar-refractivity contribution in [3.63, 3.8) is 0 Å². The van der Waals surface area contributed by atoms with Crippen molar-refractivity contribution in [3.05, 3.63) is 97.7 Å². The summed E-state index contributed by atoms with van der Waals surface area (Å²) in [5, 5.41) is 1.34. The molecule has 10 heteroatoms. The number of fused-ring (bicyclic) bond motifs is 1. The number of thiocarbonyl (C=S) groups is 1. The van der Waals surface area contributed by atoms with E-state index in [1.54, 1.807) is 41.3 Å². The second kappa shape index (κ2) is 11.1. The Kier molecular flexibility index (Phi) is 7.79. The van der Waals surface area contributed by atoms with Crippen molar-refractivity contribution >= 4 is 90.9 Å². The van der Waals surface area contributed by atoms with Crippen LogP contribution >= 0.6 is 58.5 Å². The van der Waals surface area contributed by atoms with Crippen LogP contribution in [0.1, 0.15) is 33.8 Å². The van der Waals surface area contributed by atoms with E-state index in [1.807, 2.05) is 43.3 Å². The summed E-state index contributed by atoms with van der Waals surface area (Å²) in [7, 11) is 1.48. The Hall–Kier alpha value is -2.88. The number of hydrogen-bond acceptors (Lipinski definition) is 7. The fourth-order valence-corrected chi connectivity index (χ4v) is 7.29. The van der Waals surface area contributed by atoms with Crippen LogP contribution in [0.3, 0.4) is 0 Å². The normalized spacial score (nSPS) is 15.4. The van der Waals surface area contributed by atoms with Gasteiger partial charge < -0.3 is 9.47 Å². The van der Waals surface area contributed by atoms with Gasteiger partial charge in [-0.15, -0.1) is 11.3 Å². The standard InChI is InChI=1S/C28H19Cl2NO4S3/c1-15(17-7-4-3-5-8-17)31-26(32)22(38-28(31)36)14-16-11-12-19(20(13-16)34-2)35-27(33)25-24(30)23-18(29)9-6-10-21(23)37-25/h3-15H,1-2H3/b22-14-/t15-/m1/s1. The summed E-state index contributed by atoms with van der Waals surface area (Å²) in [5.41, 5.74) is 1.69. The zero-order valence-electron chi connectivity index (χ0n) is 20.1. The van der Waals surface area contributed by atoms with Gasteiger partial charge in [-0.3, -0.25) is 9.69 Å². The van der Waals surface area contributed by atoms with Gasteiger partial charge in [0, 0.05) is 10.1 Å². The molecule has 2 heterocycles. The zero-order chi connectivity index (χ0) is 27.0. The molecular formula is C28H19Cl2NO4S3. The smallest absolute Gasteiger partial charge is 0.355 e. The Balaban J connectivity index is 1.37. The van der Waals surface area contributed by atoms with E-state index in [0.717, 1.165) is 10.3 Å². The number of rotatable bonds is 6. The van der Waals surface area contributed by atoms with E-state index in [9.17, 15) is 9.59 Å². The summed E-state index contributed by atoms with van der Waals surface area (Å²) in [6.07, 6.45) is 1.75. The van der Waals surface area contributed by atoms with Crippen LogP contribution in [0, 0.1) is 0 Å². The number of carbonyl (C=O) groups is 2. The summed E-state index contributed by atoms with van der Waals surface area (Å²) in [6, 6.07) is 19.9. The predicted octanol–water partition coefficient (Wildman–Crippen LogP) is 8.40. The molecule has 3 aromatic carbocycles. The number of thiophene rings is 1. The molecule has 0 bridgehead atoms. The van der Waals surface area contributed by atoms with E-state index in [1.165, 1.54) is 30.2 Å². The van der Waals surface area contributed by atoms with Crippen LogP contribution in [0.15, 0.2) is 71.6 Å². The molecule has 5 nitrogen and oxygen atoms in total. The number of nitrogens with zero attached hydrogens (tertiary/aromatic N) is 1. The molecule has 1 saturated heterocycles. The SMILES string of the molecule is COc1cc(/C=C2\SC(=S)N([C@H](C)c3ccccc3)C2=O)ccc1OC(=O)c1sc2cccc(Cl)c2c1Cl.